The van der Waals surface area contributed by atoms with E-state index in [4.69, 9.17) is 9.47 Å². The molecule has 0 aliphatic carbocycles. The Bertz CT molecular complexity index is 669. The normalized spacial score (nSPS) is 12.2. The highest BCUT2D eigenvalue weighted by atomic mass is 32.2. The predicted octanol–water partition coefficient (Wildman–Crippen LogP) is 0.300. The smallest absolute Gasteiger partial charge is 0.244 e. The minimum Gasteiger partial charge on any atom is -0.495 e. The second-order valence-corrected chi connectivity index (χ2v) is 7.63. The van der Waals surface area contributed by atoms with E-state index in [2.05, 4.69) is 9.44 Å². The molecule has 8 nitrogen and oxygen atoms in total. The molecule has 126 valence electrons. The lowest BCUT2D eigenvalue weighted by atomic mass is 10.3. The van der Waals surface area contributed by atoms with Crippen LogP contribution in [0, 0.1) is 0 Å². The molecule has 0 amide bonds. The predicted molar refractivity (Wildman–Crippen MR) is 81.3 cm³/mol. The third-order valence-electron chi connectivity index (χ3n) is 2.70. The Morgan fingerprint density at radius 3 is 1.45 bits per heavy atom. The van der Waals surface area contributed by atoms with Gasteiger partial charge in [-0.25, -0.2) is 26.3 Å². The molecule has 1 aromatic carbocycles. The van der Waals surface area contributed by atoms with Crippen molar-refractivity contribution in [2.24, 2.45) is 0 Å². The summed E-state index contributed by atoms with van der Waals surface area (Å²) < 4.78 is 63.5. The van der Waals surface area contributed by atoms with E-state index in [0.717, 1.165) is 6.07 Å². The molecular weight excluding hydrogens is 332 g/mol. The van der Waals surface area contributed by atoms with Crippen molar-refractivity contribution in [2.75, 3.05) is 27.3 Å². The van der Waals surface area contributed by atoms with Crippen molar-refractivity contribution >= 4 is 20.0 Å². The van der Waals surface area contributed by atoms with Crippen LogP contribution in [0.5, 0.6) is 11.5 Å². The van der Waals surface area contributed by atoms with E-state index in [1.165, 1.54) is 20.3 Å². The van der Waals surface area contributed by atoms with Gasteiger partial charge in [0.15, 0.2) is 0 Å². The average molecular weight is 352 g/mol. The molecule has 0 aliphatic rings. The molecule has 0 spiro atoms. The molecule has 0 saturated carbocycles. The summed E-state index contributed by atoms with van der Waals surface area (Å²) in [6.07, 6.45) is 0. The lowest BCUT2D eigenvalue weighted by Crippen LogP contribution is -2.26. The molecule has 10 heteroatoms. The number of ether oxygens (including phenoxy) is 2. The fourth-order valence-corrected chi connectivity index (χ4v) is 4.30. The van der Waals surface area contributed by atoms with Gasteiger partial charge in [0.2, 0.25) is 20.0 Å². The van der Waals surface area contributed by atoms with Crippen LogP contribution in [0.3, 0.4) is 0 Å². The van der Waals surface area contributed by atoms with E-state index < -0.39 is 20.0 Å². The number of nitrogens with one attached hydrogen (secondary N) is 2. The van der Waals surface area contributed by atoms with E-state index in [1.807, 2.05) is 0 Å². The first-order chi connectivity index (χ1) is 10.2. The van der Waals surface area contributed by atoms with Crippen molar-refractivity contribution in [3.8, 4) is 11.5 Å². The Kier molecular flexibility index (Phi) is 6.17. The summed E-state index contributed by atoms with van der Waals surface area (Å²) in [7, 11) is -5.22. The molecule has 0 aromatic heterocycles. The maximum absolute atomic E-state index is 12.2. The zero-order valence-corrected chi connectivity index (χ0v) is 14.5. The topological polar surface area (TPSA) is 111 Å². The van der Waals surface area contributed by atoms with Crippen LogP contribution in [0.25, 0.3) is 0 Å². The molecule has 0 radical (unpaired) electrons. The lowest BCUT2D eigenvalue weighted by molar-refractivity contribution is 0.378. The standard InChI is InChI=1S/C12H20N2O6S2/c1-5-13-21(15,16)11-8-12(22(17,18)14-6-2)10(20-4)7-9(11)19-3/h7-8,13-14H,5-6H2,1-4H3. The molecule has 0 saturated heterocycles. The number of methoxy groups -OCH3 is 2. The highest BCUT2D eigenvalue weighted by Gasteiger charge is 2.27. The zero-order valence-electron chi connectivity index (χ0n) is 12.8. The summed E-state index contributed by atoms with van der Waals surface area (Å²) >= 11 is 0. The van der Waals surface area contributed by atoms with Gasteiger partial charge in [-0.15, -0.1) is 0 Å². The van der Waals surface area contributed by atoms with Crippen molar-refractivity contribution in [2.45, 2.75) is 23.6 Å². The number of rotatable bonds is 8. The van der Waals surface area contributed by atoms with Crippen LogP contribution in [-0.2, 0) is 20.0 Å². The van der Waals surface area contributed by atoms with Gasteiger partial charge in [0.25, 0.3) is 0 Å². The molecule has 0 heterocycles. The third-order valence-corrected chi connectivity index (χ3v) is 5.83. The Hall–Kier alpha value is -1.36. The lowest BCUT2D eigenvalue weighted by Gasteiger charge is -2.15. The minimum atomic E-state index is -3.90. The number of benzene rings is 1. The van der Waals surface area contributed by atoms with Crippen LogP contribution in [0.1, 0.15) is 13.8 Å². The fourth-order valence-electron chi connectivity index (χ4n) is 1.80. The largest absolute Gasteiger partial charge is 0.495 e. The van der Waals surface area contributed by atoms with Gasteiger partial charge in [-0.3, -0.25) is 0 Å². The zero-order chi connectivity index (χ0) is 17.0. The van der Waals surface area contributed by atoms with Gasteiger partial charge in [0.1, 0.15) is 21.3 Å². The number of sulfonamides is 2. The monoisotopic (exact) mass is 352 g/mol. The van der Waals surface area contributed by atoms with Gasteiger partial charge in [-0.05, 0) is 6.07 Å². The highest BCUT2D eigenvalue weighted by molar-refractivity contribution is 7.90. The molecule has 0 fully saturated rings. The van der Waals surface area contributed by atoms with Gasteiger partial charge in [0.05, 0.1) is 14.2 Å². The summed E-state index contributed by atoms with van der Waals surface area (Å²) in [4.78, 5) is -0.539. The molecule has 22 heavy (non-hydrogen) atoms. The molecule has 0 bridgehead atoms. The maximum atomic E-state index is 12.2. The molecule has 0 atom stereocenters. The van der Waals surface area contributed by atoms with Crippen molar-refractivity contribution < 1.29 is 26.3 Å². The highest BCUT2D eigenvalue weighted by Crippen LogP contribution is 2.34. The SMILES string of the molecule is CCNS(=O)(=O)c1cc(S(=O)(=O)NCC)c(OC)cc1OC. The summed E-state index contributed by atoms with van der Waals surface area (Å²) in [5.74, 6) is -0.0125. The first-order valence-corrected chi connectivity index (χ1v) is 9.45. The van der Waals surface area contributed by atoms with Crippen molar-refractivity contribution in [3.63, 3.8) is 0 Å². The van der Waals surface area contributed by atoms with Crippen LogP contribution in [0.4, 0.5) is 0 Å². The Labute approximate surface area is 130 Å². The molecular formula is C12H20N2O6S2. The van der Waals surface area contributed by atoms with Gasteiger partial charge in [-0.1, -0.05) is 13.8 Å². The fraction of sp³-hybridized carbons (Fsp3) is 0.500. The molecule has 0 aliphatic heterocycles. The van der Waals surface area contributed by atoms with Crippen LogP contribution in [-0.4, -0.2) is 44.1 Å². The van der Waals surface area contributed by atoms with Gasteiger partial charge in [0, 0.05) is 19.2 Å². The summed E-state index contributed by atoms with van der Waals surface area (Å²) in [6, 6.07) is 2.25. The van der Waals surface area contributed by atoms with Gasteiger partial charge < -0.3 is 9.47 Å². The van der Waals surface area contributed by atoms with Crippen LogP contribution < -0.4 is 18.9 Å². The van der Waals surface area contributed by atoms with E-state index >= 15 is 0 Å². The minimum absolute atomic E-state index is 0.00625. The summed E-state index contributed by atoms with van der Waals surface area (Å²) in [6.45, 7) is 3.55. The summed E-state index contributed by atoms with van der Waals surface area (Å²) in [5, 5.41) is 0. The van der Waals surface area contributed by atoms with Crippen LogP contribution in [0.2, 0.25) is 0 Å². The molecule has 1 rings (SSSR count). The van der Waals surface area contributed by atoms with E-state index in [-0.39, 0.29) is 34.4 Å². The second kappa shape index (κ2) is 7.27. The van der Waals surface area contributed by atoms with Gasteiger partial charge in [-0.2, -0.15) is 0 Å². The Morgan fingerprint density at radius 1 is 0.818 bits per heavy atom. The van der Waals surface area contributed by atoms with Crippen molar-refractivity contribution in [1.29, 1.82) is 0 Å². The second-order valence-electron chi connectivity index (χ2n) is 4.16. The Morgan fingerprint density at radius 2 is 1.18 bits per heavy atom. The number of hydrogen-bond donors (Lipinski definition) is 2. The molecule has 0 unspecified atom stereocenters. The third kappa shape index (κ3) is 3.88. The molecule has 1 aromatic rings. The van der Waals surface area contributed by atoms with E-state index in [0.29, 0.717) is 0 Å². The summed E-state index contributed by atoms with van der Waals surface area (Å²) in [5.41, 5.74) is 0. The quantitative estimate of drug-likeness (QED) is 0.696. The first-order valence-electron chi connectivity index (χ1n) is 6.48. The van der Waals surface area contributed by atoms with Crippen LogP contribution in [0.15, 0.2) is 21.9 Å². The van der Waals surface area contributed by atoms with Crippen molar-refractivity contribution in [1.82, 2.24) is 9.44 Å². The Balaban J connectivity index is 3.67. The van der Waals surface area contributed by atoms with Crippen LogP contribution >= 0.6 is 0 Å². The number of hydrogen-bond acceptors (Lipinski definition) is 6. The van der Waals surface area contributed by atoms with Gasteiger partial charge >= 0.3 is 0 Å². The average Bonchev–Trinajstić information content (AvgIpc) is 2.45. The first kappa shape index (κ1) is 18.7. The van der Waals surface area contributed by atoms with E-state index in [1.54, 1.807) is 13.8 Å². The maximum Gasteiger partial charge on any atom is 0.244 e. The molecule has 2 N–H and O–H groups in total. The van der Waals surface area contributed by atoms with E-state index in [9.17, 15) is 16.8 Å². The van der Waals surface area contributed by atoms with Crippen molar-refractivity contribution in [3.05, 3.63) is 12.1 Å².